The van der Waals surface area contributed by atoms with Gasteiger partial charge in [0.15, 0.2) is 5.78 Å². The molecule has 0 unspecified atom stereocenters. The molecule has 2 spiro atoms. The van der Waals surface area contributed by atoms with E-state index < -0.39 is 40.5 Å². The molecule has 0 radical (unpaired) electrons. The van der Waals surface area contributed by atoms with Gasteiger partial charge in [0.1, 0.15) is 34.4 Å². The lowest BCUT2D eigenvalue weighted by atomic mass is 9.70. The van der Waals surface area contributed by atoms with Crippen molar-refractivity contribution in [1.29, 1.82) is 0 Å². The van der Waals surface area contributed by atoms with Gasteiger partial charge in [-0.25, -0.2) is 23.5 Å². The first-order valence-corrected chi connectivity index (χ1v) is 30.0. The Morgan fingerprint density at radius 2 is 1.04 bits per heavy atom. The summed E-state index contributed by atoms with van der Waals surface area (Å²) < 4.78 is 36.7. The van der Waals surface area contributed by atoms with Crippen molar-refractivity contribution in [3.8, 4) is 0 Å². The van der Waals surface area contributed by atoms with Crippen molar-refractivity contribution in [3.05, 3.63) is 186 Å². The minimum Gasteiger partial charge on any atom is -0.478 e. The van der Waals surface area contributed by atoms with E-state index in [4.69, 9.17) is 56.4 Å². The van der Waals surface area contributed by atoms with Crippen molar-refractivity contribution < 1.29 is 33.1 Å². The molecule has 4 fully saturated rings. The molecule has 2 aromatic heterocycles. The van der Waals surface area contributed by atoms with Crippen LogP contribution in [0.15, 0.2) is 109 Å². The van der Waals surface area contributed by atoms with Gasteiger partial charge in [-0.3, -0.25) is 24.2 Å². The van der Waals surface area contributed by atoms with Gasteiger partial charge in [0, 0.05) is 106 Å². The maximum atomic E-state index is 16.2. The van der Waals surface area contributed by atoms with E-state index in [1.165, 1.54) is 6.07 Å². The Kier molecular flexibility index (Phi) is 14.2. The first-order chi connectivity index (χ1) is 40.1. The summed E-state index contributed by atoms with van der Waals surface area (Å²) in [6.45, 7) is 4.66. The third-order valence-electron chi connectivity index (χ3n) is 19.4. The van der Waals surface area contributed by atoms with Crippen LogP contribution < -0.4 is 10.6 Å². The number of Topliss-reactive ketones (excluding diaryl/α,β-unsaturated/α-hetero) is 1. The number of carbonyl (C=O) groups excluding carboxylic acids is 3. The van der Waals surface area contributed by atoms with E-state index in [9.17, 15) is 24.3 Å². The molecule has 8 aliphatic rings. The smallest absolute Gasteiger partial charge is 0.335 e. The van der Waals surface area contributed by atoms with Crippen LogP contribution in [0, 0.1) is 23.5 Å². The first-order valence-electron chi connectivity index (χ1n) is 28.5. The maximum Gasteiger partial charge on any atom is 0.335 e. The summed E-state index contributed by atoms with van der Waals surface area (Å²) in [5, 5.41) is 16.9. The molecule has 3 N–H and O–H groups in total. The Morgan fingerprint density at radius 1 is 0.600 bits per heavy atom. The van der Waals surface area contributed by atoms with Crippen molar-refractivity contribution in [2.24, 2.45) is 11.8 Å². The minimum atomic E-state index is -1.21. The van der Waals surface area contributed by atoms with Crippen molar-refractivity contribution in [2.45, 2.75) is 127 Å². The SMILES string of the molecule is C.C.CCC(=O)c1ccc2c(c1)nc1n2CC[C@H]2[C@@H]1[C@H](c1cccc(Cl)c1F)[C@]1(C(=O)Nc3cc(Cl)ccc31)N2CC1CC1.O=C(O)c1ccc2c(c1)nc1n2CC[C@H]2[C@@H]1[C@H](c1cccc(Cl)c1F)[C@]1(C(=O)Nc3cc(Cl)ccc31)N2CC1CC1. The molecule has 6 aromatic carbocycles. The quantitative estimate of drug-likeness (QED) is 0.120. The predicted octanol–water partition coefficient (Wildman–Crippen LogP) is 15.0. The summed E-state index contributed by atoms with van der Waals surface area (Å²) in [4.78, 5) is 68.1. The lowest BCUT2D eigenvalue weighted by molar-refractivity contribution is -0.128. The number of likely N-dealkylation sites (tertiary alicyclic amines) is 2. The molecule has 8 aromatic rings. The number of fused-ring (bicyclic) bond motifs is 14. The molecule has 85 heavy (non-hydrogen) atoms. The number of ketones is 1. The molecule has 2 amide bonds. The molecule has 8 atom stereocenters. The zero-order chi connectivity index (χ0) is 57.1. The first kappa shape index (κ1) is 57.4. The van der Waals surface area contributed by atoms with Gasteiger partial charge in [-0.1, -0.05) is 105 Å². The van der Waals surface area contributed by atoms with E-state index in [2.05, 4.69) is 29.6 Å². The normalized spacial score (nSPS) is 25.9. The van der Waals surface area contributed by atoms with Crippen LogP contribution in [0.2, 0.25) is 20.1 Å². The highest BCUT2D eigenvalue weighted by Gasteiger charge is 2.71. The fourth-order valence-electron chi connectivity index (χ4n) is 15.7. The predicted molar refractivity (Wildman–Crippen MR) is 327 cm³/mol. The van der Waals surface area contributed by atoms with Gasteiger partial charge in [-0.15, -0.1) is 0 Å². The zero-order valence-corrected chi connectivity index (χ0v) is 47.8. The Bertz CT molecular complexity index is 4150. The van der Waals surface area contributed by atoms with Crippen LogP contribution in [0.1, 0.15) is 145 Å². The average Bonchev–Trinajstić information content (AvgIpc) is 1.53. The molecule has 8 heterocycles. The Labute approximate surface area is 510 Å². The summed E-state index contributed by atoms with van der Waals surface area (Å²) >= 11 is 25.6. The van der Waals surface area contributed by atoms with Gasteiger partial charge >= 0.3 is 5.97 Å². The number of nitrogens with zero attached hydrogens (tertiary/aromatic N) is 6. The second-order valence-electron chi connectivity index (χ2n) is 23.7. The third kappa shape index (κ3) is 8.48. The lowest BCUT2D eigenvalue weighted by Gasteiger charge is -2.40. The minimum absolute atomic E-state index is 0. The number of carboxylic acid groups (broad SMARTS) is 1. The third-order valence-corrected chi connectivity index (χ3v) is 20.5. The molecule has 16 rings (SSSR count). The standard InChI is InChI=1S/C33H29Cl2FN4O2.C31H25Cl2FN4O3.2CH4/c1-2-27(41)18-8-11-25-24(14-18)37-31-28-26(12-13-39(25)31)40(16-17-6-7-17)33(29(28)20-4-3-5-22(35)30(20)36)21-10-9-19(34)15-23(21)38-32(33)42;32-17-7-8-19-21(13-17)36-30(41)31(19)26(18-2-1-3-20(33)27(18)34)25-24(38(31)14-15-4-5-15)10-11-37-23-9-6-16(29(39)40)12-22(23)35-28(25)37;;/h3-5,8-11,14-15,17,26,28-29H,2,6-7,12-13,16H2,1H3,(H,38,42);1-3,6-9,12-13,15,24-26H,4-5,10-11,14H2,(H,36,41)(H,39,40);2*1H4/t26-,28+,29-,33+;24-,25+,26-,31+;;/m00../s1. The van der Waals surface area contributed by atoms with Gasteiger partial charge in [-0.2, -0.15) is 0 Å². The Hall–Kier alpha value is -6.72. The summed E-state index contributed by atoms with van der Waals surface area (Å²) in [7, 11) is 0. The number of anilines is 2. The Morgan fingerprint density at radius 3 is 1.46 bits per heavy atom. The molecule has 438 valence electrons. The fraction of sp³-hybridized carbons (Fsp3) is 0.364. The van der Waals surface area contributed by atoms with Crippen LogP contribution in [0.3, 0.4) is 0 Å². The van der Waals surface area contributed by atoms with Crippen LogP contribution >= 0.6 is 46.4 Å². The largest absolute Gasteiger partial charge is 0.478 e. The molecule has 2 saturated carbocycles. The highest BCUT2D eigenvalue weighted by atomic mass is 35.5. The number of halogens is 6. The number of nitrogens with one attached hydrogen (secondary N) is 2. The average molecular weight is 1230 g/mol. The molecular formula is C66H62Cl4F2N8O5. The summed E-state index contributed by atoms with van der Waals surface area (Å²) in [5.41, 5.74) is 5.17. The number of aromatic nitrogens is 4. The number of imidazole rings is 2. The number of rotatable bonds is 9. The summed E-state index contributed by atoms with van der Waals surface area (Å²) in [6.07, 6.45) is 6.33. The number of hydrogen-bond acceptors (Lipinski definition) is 8. The van der Waals surface area contributed by atoms with E-state index >= 15 is 8.78 Å². The van der Waals surface area contributed by atoms with Crippen molar-refractivity contribution in [2.75, 3.05) is 23.7 Å². The van der Waals surface area contributed by atoms with Gasteiger partial charge in [0.2, 0.25) is 11.8 Å². The zero-order valence-electron chi connectivity index (χ0n) is 44.8. The second-order valence-corrected chi connectivity index (χ2v) is 25.4. The van der Waals surface area contributed by atoms with Crippen molar-refractivity contribution in [3.63, 3.8) is 0 Å². The molecule has 2 saturated heterocycles. The number of benzene rings is 6. The van der Waals surface area contributed by atoms with E-state index in [-0.39, 0.29) is 72.0 Å². The molecule has 13 nitrogen and oxygen atoms in total. The number of carboxylic acids is 1. The van der Waals surface area contributed by atoms with Crippen LogP contribution in [0.5, 0.6) is 0 Å². The van der Waals surface area contributed by atoms with Gasteiger partial charge < -0.3 is 24.9 Å². The van der Waals surface area contributed by atoms with Gasteiger partial charge in [0.25, 0.3) is 0 Å². The molecular weight excluding hydrogens is 1160 g/mol. The lowest BCUT2D eigenvalue weighted by Crippen LogP contribution is -2.53. The van der Waals surface area contributed by atoms with Crippen LogP contribution in [0.25, 0.3) is 22.1 Å². The number of aromatic carboxylic acids is 1. The Balaban J connectivity index is 0.000000155. The van der Waals surface area contributed by atoms with E-state index in [1.807, 2.05) is 43.3 Å². The molecule has 2 aliphatic carbocycles. The molecule has 6 aliphatic heterocycles. The number of hydrogen-bond donors (Lipinski definition) is 3. The number of amides is 2. The fourth-order valence-corrected chi connectivity index (χ4v) is 16.4. The van der Waals surface area contributed by atoms with Crippen molar-refractivity contribution >= 4 is 103 Å². The number of aryl methyl sites for hydroxylation is 2. The monoisotopic (exact) mass is 1220 g/mol. The second kappa shape index (κ2) is 21.0. The van der Waals surface area contributed by atoms with Crippen LogP contribution in [-0.2, 0) is 33.8 Å². The van der Waals surface area contributed by atoms with Crippen LogP contribution in [-0.4, -0.2) is 82.7 Å². The maximum absolute atomic E-state index is 16.2. The van der Waals surface area contributed by atoms with Crippen molar-refractivity contribution in [1.82, 2.24) is 28.9 Å². The van der Waals surface area contributed by atoms with Gasteiger partial charge in [0.05, 0.1) is 37.7 Å². The molecule has 0 bridgehead atoms. The highest BCUT2D eigenvalue weighted by molar-refractivity contribution is 6.32. The van der Waals surface area contributed by atoms with Gasteiger partial charge in [-0.05, 0) is 134 Å². The topological polar surface area (TPSA) is 155 Å². The number of carbonyl (C=O) groups is 4. The van der Waals surface area contributed by atoms with E-state index in [0.717, 1.165) is 84.4 Å². The molecule has 19 heteroatoms. The summed E-state index contributed by atoms with van der Waals surface area (Å²) in [5.74, 6) is -1.79. The highest BCUT2D eigenvalue weighted by Crippen LogP contribution is 2.67. The van der Waals surface area contributed by atoms with E-state index in [0.29, 0.717) is 81.5 Å². The van der Waals surface area contributed by atoms with E-state index in [1.54, 1.807) is 66.7 Å². The summed E-state index contributed by atoms with van der Waals surface area (Å²) in [6, 6.07) is 31.5. The van der Waals surface area contributed by atoms with Crippen LogP contribution in [0.4, 0.5) is 20.2 Å².